The summed E-state index contributed by atoms with van der Waals surface area (Å²) in [5.74, 6) is -1.05. The Morgan fingerprint density at radius 3 is 2.67 bits per heavy atom. The van der Waals surface area contributed by atoms with Gasteiger partial charge in [0, 0.05) is 31.1 Å². The molecule has 0 aliphatic carbocycles. The van der Waals surface area contributed by atoms with Crippen LogP contribution in [0.2, 0.25) is 0 Å². The van der Waals surface area contributed by atoms with Gasteiger partial charge in [-0.2, -0.15) is 0 Å². The lowest BCUT2D eigenvalue weighted by molar-refractivity contribution is -0.116. The first-order chi connectivity index (χ1) is 15.8. The van der Waals surface area contributed by atoms with Gasteiger partial charge in [-0.1, -0.05) is 6.42 Å². The van der Waals surface area contributed by atoms with Crippen molar-refractivity contribution in [2.24, 2.45) is 0 Å². The molecule has 0 spiro atoms. The fourth-order valence-corrected chi connectivity index (χ4v) is 5.32. The van der Waals surface area contributed by atoms with Gasteiger partial charge in [-0.25, -0.2) is 17.2 Å². The van der Waals surface area contributed by atoms with Crippen LogP contribution in [-0.4, -0.2) is 29.1 Å². The normalized spacial score (nSPS) is 15.9. The minimum Gasteiger partial charge on any atom is -0.326 e. The molecule has 2 N–H and O–H groups in total. The van der Waals surface area contributed by atoms with E-state index in [1.54, 1.807) is 4.57 Å². The van der Waals surface area contributed by atoms with Crippen molar-refractivity contribution >= 4 is 27.3 Å². The standard InChI is InChI=1S/C22H21F2N5O3S/c23-16-12-17(24)19(11-15(16)22-27-26-20-4-2-1-3-9-29(20)22)28-33(31,32)14-6-7-18-13(10-14)5-8-21(30)25-18/h6-7,10-12,28H,1-5,8-9H2,(H,25,30). The third kappa shape index (κ3) is 4.08. The summed E-state index contributed by atoms with van der Waals surface area (Å²) >= 11 is 0. The minimum absolute atomic E-state index is 0.0251. The van der Waals surface area contributed by atoms with Crippen molar-refractivity contribution in [3.63, 3.8) is 0 Å². The maximum Gasteiger partial charge on any atom is 0.261 e. The molecule has 2 aromatic carbocycles. The zero-order chi connectivity index (χ0) is 23.2. The van der Waals surface area contributed by atoms with E-state index in [-0.39, 0.29) is 34.3 Å². The number of hydrogen-bond acceptors (Lipinski definition) is 5. The highest BCUT2D eigenvalue weighted by atomic mass is 32.2. The SMILES string of the molecule is O=C1CCc2cc(S(=O)(=O)Nc3cc(-c4nnc5n4CCCCC5)c(F)cc3F)ccc2N1. The predicted octanol–water partition coefficient (Wildman–Crippen LogP) is 3.64. The molecule has 0 bridgehead atoms. The molecule has 0 atom stereocenters. The summed E-state index contributed by atoms with van der Waals surface area (Å²) in [6, 6.07) is 6.03. The van der Waals surface area contributed by atoms with Gasteiger partial charge in [0.2, 0.25) is 5.91 Å². The van der Waals surface area contributed by atoms with Crippen LogP contribution in [0.25, 0.3) is 11.4 Å². The second-order valence-corrected chi connectivity index (χ2v) is 9.87. The first kappa shape index (κ1) is 21.5. The number of halogens is 2. The Hall–Kier alpha value is -3.34. The lowest BCUT2D eigenvalue weighted by atomic mass is 10.0. The van der Waals surface area contributed by atoms with E-state index >= 15 is 0 Å². The number of rotatable bonds is 4. The fourth-order valence-electron chi connectivity index (χ4n) is 4.21. The number of hydrogen-bond donors (Lipinski definition) is 2. The number of aryl methyl sites for hydroxylation is 2. The number of carbonyl (C=O) groups excluding carboxylic acids is 1. The highest BCUT2D eigenvalue weighted by molar-refractivity contribution is 7.92. The predicted molar refractivity (Wildman–Crippen MR) is 117 cm³/mol. The number of nitrogens with one attached hydrogen (secondary N) is 2. The molecule has 2 aliphatic rings. The van der Waals surface area contributed by atoms with Gasteiger partial charge in [0.05, 0.1) is 16.1 Å². The molecule has 3 heterocycles. The fraction of sp³-hybridized carbons (Fsp3) is 0.318. The van der Waals surface area contributed by atoms with Crippen molar-refractivity contribution in [2.75, 3.05) is 10.0 Å². The Morgan fingerprint density at radius 1 is 0.970 bits per heavy atom. The number of amides is 1. The lowest BCUT2D eigenvalue weighted by Gasteiger charge is -2.18. The number of aromatic nitrogens is 3. The average Bonchev–Trinajstić information content (AvgIpc) is 3.02. The van der Waals surface area contributed by atoms with Crippen LogP contribution in [0.5, 0.6) is 0 Å². The Kier molecular flexibility index (Phi) is 5.35. The first-order valence-electron chi connectivity index (χ1n) is 10.7. The van der Waals surface area contributed by atoms with Crippen molar-refractivity contribution in [3.05, 3.63) is 53.4 Å². The van der Waals surface area contributed by atoms with Crippen molar-refractivity contribution in [1.29, 1.82) is 0 Å². The van der Waals surface area contributed by atoms with Gasteiger partial charge in [0.1, 0.15) is 17.5 Å². The highest BCUT2D eigenvalue weighted by Crippen LogP contribution is 2.31. The zero-order valence-electron chi connectivity index (χ0n) is 17.6. The molecular weight excluding hydrogens is 452 g/mol. The molecule has 172 valence electrons. The number of benzene rings is 2. The van der Waals surface area contributed by atoms with Gasteiger partial charge in [0.15, 0.2) is 5.82 Å². The van der Waals surface area contributed by atoms with Crippen molar-refractivity contribution in [3.8, 4) is 11.4 Å². The Morgan fingerprint density at radius 2 is 1.82 bits per heavy atom. The molecule has 1 amide bonds. The third-order valence-electron chi connectivity index (χ3n) is 5.93. The third-order valence-corrected chi connectivity index (χ3v) is 7.30. The van der Waals surface area contributed by atoms with Crippen LogP contribution in [-0.2, 0) is 34.2 Å². The summed E-state index contributed by atoms with van der Waals surface area (Å²) in [7, 11) is -4.17. The van der Waals surface area contributed by atoms with Crippen molar-refractivity contribution < 1.29 is 22.0 Å². The Balaban J connectivity index is 1.49. The molecule has 2 aliphatic heterocycles. The highest BCUT2D eigenvalue weighted by Gasteiger charge is 2.24. The minimum atomic E-state index is -4.17. The van der Waals surface area contributed by atoms with E-state index in [0.717, 1.165) is 31.2 Å². The molecule has 33 heavy (non-hydrogen) atoms. The molecule has 0 fully saturated rings. The Bertz CT molecular complexity index is 1370. The van der Waals surface area contributed by atoms with E-state index in [4.69, 9.17) is 0 Å². The second-order valence-electron chi connectivity index (χ2n) is 8.19. The molecule has 0 radical (unpaired) electrons. The molecule has 0 unspecified atom stereocenters. The quantitative estimate of drug-likeness (QED) is 0.602. The molecule has 5 rings (SSSR count). The van der Waals surface area contributed by atoms with Crippen LogP contribution in [0.3, 0.4) is 0 Å². The zero-order valence-corrected chi connectivity index (χ0v) is 18.4. The Labute approximate surface area is 189 Å². The maximum atomic E-state index is 14.7. The van der Waals surface area contributed by atoms with Gasteiger partial charge in [-0.15, -0.1) is 10.2 Å². The molecule has 1 aromatic heterocycles. The second kappa shape index (κ2) is 8.22. The van der Waals surface area contributed by atoms with Gasteiger partial charge >= 0.3 is 0 Å². The van der Waals surface area contributed by atoms with Crippen LogP contribution in [0.15, 0.2) is 35.2 Å². The smallest absolute Gasteiger partial charge is 0.261 e. The van der Waals surface area contributed by atoms with Crippen LogP contribution < -0.4 is 10.0 Å². The molecule has 8 nitrogen and oxygen atoms in total. The van der Waals surface area contributed by atoms with Gasteiger partial charge < -0.3 is 9.88 Å². The summed E-state index contributed by atoms with van der Waals surface area (Å²) in [4.78, 5) is 11.4. The average molecular weight is 474 g/mol. The molecule has 11 heteroatoms. The summed E-state index contributed by atoms with van der Waals surface area (Å²) in [5.41, 5.74) is 0.808. The van der Waals surface area contributed by atoms with Gasteiger partial charge in [-0.3, -0.25) is 9.52 Å². The lowest BCUT2D eigenvalue weighted by Crippen LogP contribution is -2.20. The van der Waals surface area contributed by atoms with E-state index in [2.05, 4.69) is 20.2 Å². The summed E-state index contributed by atoms with van der Waals surface area (Å²) in [6.07, 6.45) is 4.23. The largest absolute Gasteiger partial charge is 0.326 e. The van der Waals surface area contributed by atoms with E-state index in [1.165, 1.54) is 18.2 Å². The first-order valence-corrected chi connectivity index (χ1v) is 12.2. The van der Waals surface area contributed by atoms with Crippen LogP contribution >= 0.6 is 0 Å². The number of fused-ring (bicyclic) bond motifs is 2. The topological polar surface area (TPSA) is 106 Å². The molecular formula is C22H21F2N5O3S. The number of anilines is 2. The summed E-state index contributed by atoms with van der Waals surface area (Å²) < 4.78 is 59.3. The van der Waals surface area contributed by atoms with E-state index in [0.29, 0.717) is 36.7 Å². The van der Waals surface area contributed by atoms with E-state index in [9.17, 15) is 22.0 Å². The van der Waals surface area contributed by atoms with Crippen LogP contribution in [0.4, 0.5) is 20.2 Å². The summed E-state index contributed by atoms with van der Waals surface area (Å²) in [6.45, 7) is 0.612. The van der Waals surface area contributed by atoms with Crippen molar-refractivity contribution in [1.82, 2.24) is 14.8 Å². The molecule has 0 saturated carbocycles. The monoisotopic (exact) mass is 473 g/mol. The van der Waals surface area contributed by atoms with E-state index < -0.39 is 21.7 Å². The van der Waals surface area contributed by atoms with Crippen molar-refractivity contribution in [2.45, 2.75) is 50.0 Å². The van der Waals surface area contributed by atoms with Crippen LogP contribution in [0, 0.1) is 11.6 Å². The van der Waals surface area contributed by atoms with Crippen LogP contribution in [0.1, 0.15) is 37.1 Å². The number of sulfonamides is 1. The van der Waals surface area contributed by atoms with E-state index in [1.807, 2.05) is 0 Å². The number of nitrogens with zero attached hydrogens (tertiary/aromatic N) is 3. The molecule has 0 saturated heterocycles. The molecule has 3 aromatic rings. The summed E-state index contributed by atoms with van der Waals surface area (Å²) in [5, 5.41) is 10.9. The van der Waals surface area contributed by atoms with Gasteiger partial charge in [0.25, 0.3) is 10.0 Å². The maximum absolute atomic E-state index is 14.7. The van der Waals surface area contributed by atoms with Gasteiger partial charge in [-0.05, 0) is 49.1 Å². The number of carbonyl (C=O) groups is 1.